The molecule has 0 atom stereocenters. The van der Waals surface area contributed by atoms with E-state index in [1.807, 2.05) is 50.2 Å². The van der Waals surface area contributed by atoms with Crippen LogP contribution in [0.5, 0.6) is 11.5 Å². The third kappa shape index (κ3) is 4.55. The van der Waals surface area contributed by atoms with E-state index in [0.717, 1.165) is 21.5 Å². The van der Waals surface area contributed by atoms with Crippen LogP contribution in [-0.2, 0) is 6.54 Å². The van der Waals surface area contributed by atoms with Crippen molar-refractivity contribution in [1.82, 2.24) is 0 Å². The lowest BCUT2D eigenvalue weighted by molar-refractivity contribution is 0.287. The van der Waals surface area contributed by atoms with Crippen molar-refractivity contribution in [2.24, 2.45) is 0 Å². The van der Waals surface area contributed by atoms with E-state index in [1.165, 1.54) is 0 Å². The van der Waals surface area contributed by atoms with E-state index in [-0.39, 0.29) is 0 Å². The molecule has 5 heteroatoms. The highest BCUT2D eigenvalue weighted by Crippen LogP contribution is 2.34. The molecule has 0 aliphatic rings. The van der Waals surface area contributed by atoms with Crippen LogP contribution in [0.15, 0.2) is 40.9 Å². The monoisotopic (exact) mass is 383 g/mol. The number of rotatable bonds is 7. The highest BCUT2D eigenvalue weighted by Gasteiger charge is 2.11. The van der Waals surface area contributed by atoms with Gasteiger partial charge in [0, 0.05) is 27.8 Å². The Balaban J connectivity index is 2.15. The Morgan fingerprint density at radius 1 is 1.00 bits per heavy atom. The van der Waals surface area contributed by atoms with Crippen LogP contribution in [0.25, 0.3) is 0 Å². The van der Waals surface area contributed by atoms with Gasteiger partial charge in [0.15, 0.2) is 11.5 Å². The lowest BCUT2D eigenvalue weighted by Gasteiger charge is -2.15. The molecule has 2 aromatic carbocycles. The molecule has 2 aromatic rings. The molecule has 0 bridgehead atoms. The SMILES string of the molecule is CCOc1cc(Cl)c(CNc2ccc(Br)cc2)cc1OCC. The van der Waals surface area contributed by atoms with Crippen LogP contribution in [0, 0.1) is 0 Å². The van der Waals surface area contributed by atoms with E-state index >= 15 is 0 Å². The van der Waals surface area contributed by atoms with Crippen LogP contribution in [0.3, 0.4) is 0 Å². The van der Waals surface area contributed by atoms with Crippen LogP contribution >= 0.6 is 27.5 Å². The lowest BCUT2D eigenvalue weighted by atomic mass is 10.2. The maximum atomic E-state index is 6.35. The van der Waals surface area contributed by atoms with Gasteiger partial charge in [-0.15, -0.1) is 0 Å². The molecule has 0 radical (unpaired) electrons. The molecule has 0 unspecified atom stereocenters. The molecule has 0 heterocycles. The van der Waals surface area contributed by atoms with Crippen LogP contribution in [0.1, 0.15) is 19.4 Å². The van der Waals surface area contributed by atoms with Crippen LogP contribution in [-0.4, -0.2) is 13.2 Å². The van der Waals surface area contributed by atoms with Gasteiger partial charge in [-0.2, -0.15) is 0 Å². The van der Waals surface area contributed by atoms with Crippen molar-refractivity contribution in [3.8, 4) is 11.5 Å². The van der Waals surface area contributed by atoms with Crippen LogP contribution in [0.2, 0.25) is 5.02 Å². The van der Waals surface area contributed by atoms with Crippen molar-refractivity contribution < 1.29 is 9.47 Å². The second kappa shape index (κ2) is 8.30. The van der Waals surface area contributed by atoms with Gasteiger partial charge < -0.3 is 14.8 Å². The van der Waals surface area contributed by atoms with Crippen LogP contribution < -0.4 is 14.8 Å². The molecule has 0 aliphatic carbocycles. The van der Waals surface area contributed by atoms with Gasteiger partial charge in [-0.3, -0.25) is 0 Å². The zero-order valence-electron chi connectivity index (χ0n) is 12.7. The summed E-state index contributed by atoms with van der Waals surface area (Å²) < 4.78 is 12.3. The van der Waals surface area contributed by atoms with Gasteiger partial charge in [-0.25, -0.2) is 0 Å². The minimum atomic E-state index is 0.576. The summed E-state index contributed by atoms with van der Waals surface area (Å²) in [5.41, 5.74) is 2.00. The summed E-state index contributed by atoms with van der Waals surface area (Å²) >= 11 is 9.77. The zero-order chi connectivity index (χ0) is 15.9. The van der Waals surface area contributed by atoms with E-state index in [4.69, 9.17) is 21.1 Å². The fourth-order valence-electron chi connectivity index (χ4n) is 2.01. The molecule has 0 amide bonds. The molecule has 0 aliphatic heterocycles. The number of nitrogens with one attached hydrogen (secondary N) is 1. The van der Waals surface area contributed by atoms with Gasteiger partial charge in [0.25, 0.3) is 0 Å². The first-order valence-electron chi connectivity index (χ1n) is 7.21. The van der Waals surface area contributed by atoms with Crippen molar-refractivity contribution in [3.63, 3.8) is 0 Å². The molecule has 0 aromatic heterocycles. The number of hydrogen-bond acceptors (Lipinski definition) is 3. The summed E-state index contributed by atoms with van der Waals surface area (Å²) in [6.45, 7) is 5.66. The van der Waals surface area contributed by atoms with Gasteiger partial charge >= 0.3 is 0 Å². The smallest absolute Gasteiger partial charge is 0.162 e. The topological polar surface area (TPSA) is 30.5 Å². The Morgan fingerprint density at radius 2 is 1.59 bits per heavy atom. The largest absolute Gasteiger partial charge is 0.490 e. The number of halogens is 2. The molecule has 0 saturated carbocycles. The summed E-state index contributed by atoms with van der Waals surface area (Å²) in [6.07, 6.45) is 0. The standard InChI is InChI=1S/C17H19BrClNO2/c1-3-21-16-9-12(15(19)10-17(16)22-4-2)11-20-14-7-5-13(18)6-8-14/h5-10,20H,3-4,11H2,1-2H3. The maximum Gasteiger partial charge on any atom is 0.162 e. The summed E-state index contributed by atoms with van der Waals surface area (Å²) in [7, 11) is 0. The summed E-state index contributed by atoms with van der Waals surface area (Å²) in [6, 6.07) is 11.8. The quantitative estimate of drug-likeness (QED) is 0.682. The first-order valence-corrected chi connectivity index (χ1v) is 8.38. The summed E-state index contributed by atoms with van der Waals surface area (Å²) in [4.78, 5) is 0. The van der Waals surface area contributed by atoms with Gasteiger partial charge in [0.05, 0.1) is 13.2 Å². The minimum absolute atomic E-state index is 0.576. The molecule has 118 valence electrons. The number of ether oxygens (including phenoxy) is 2. The van der Waals surface area contributed by atoms with Gasteiger partial charge in [-0.05, 0) is 49.7 Å². The van der Waals surface area contributed by atoms with Gasteiger partial charge in [0.1, 0.15) is 0 Å². The number of hydrogen-bond donors (Lipinski definition) is 1. The van der Waals surface area contributed by atoms with Crippen molar-refractivity contribution >= 4 is 33.2 Å². The zero-order valence-corrected chi connectivity index (χ0v) is 15.0. The third-order valence-electron chi connectivity index (χ3n) is 3.04. The second-order valence-electron chi connectivity index (χ2n) is 4.62. The highest BCUT2D eigenvalue weighted by molar-refractivity contribution is 9.10. The number of benzene rings is 2. The Kier molecular flexibility index (Phi) is 6.40. The van der Waals surface area contributed by atoms with E-state index in [9.17, 15) is 0 Å². The Bertz CT molecular complexity index is 617. The summed E-state index contributed by atoms with van der Waals surface area (Å²) in [5, 5.41) is 4.01. The average molecular weight is 385 g/mol. The Hall–Kier alpha value is -1.39. The van der Waals surface area contributed by atoms with Crippen molar-refractivity contribution in [2.75, 3.05) is 18.5 Å². The fraction of sp³-hybridized carbons (Fsp3) is 0.294. The van der Waals surface area contributed by atoms with E-state index in [2.05, 4.69) is 21.2 Å². The minimum Gasteiger partial charge on any atom is -0.490 e. The van der Waals surface area contributed by atoms with E-state index in [0.29, 0.717) is 30.5 Å². The molecule has 3 nitrogen and oxygen atoms in total. The third-order valence-corrected chi connectivity index (χ3v) is 3.92. The first kappa shape index (κ1) is 17.0. The van der Waals surface area contributed by atoms with Crippen LogP contribution in [0.4, 0.5) is 5.69 Å². The highest BCUT2D eigenvalue weighted by atomic mass is 79.9. The molecule has 1 N–H and O–H groups in total. The summed E-state index contributed by atoms with van der Waals surface area (Å²) in [5.74, 6) is 1.41. The Morgan fingerprint density at radius 3 is 2.18 bits per heavy atom. The Labute approximate surface area is 144 Å². The predicted molar refractivity (Wildman–Crippen MR) is 95.3 cm³/mol. The maximum absolute atomic E-state index is 6.35. The van der Waals surface area contributed by atoms with Crippen molar-refractivity contribution in [3.05, 3.63) is 51.5 Å². The second-order valence-corrected chi connectivity index (χ2v) is 5.94. The average Bonchev–Trinajstić information content (AvgIpc) is 2.50. The van der Waals surface area contributed by atoms with E-state index < -0.39 is 0 Å². The molecular formula is C17H19BrClNO2. The molecule has 22 heavy (non-hydrogen) atoms. The molecule has 0 fully saturated rings. The normalized spacial score (nSPS) is 10.4. The van der Waals surface area contributed by atoms with E-state index in [1.54, 1.807) is 0 Å². The van der Waals surface area contributed by atoms with Gasteiger partial charge in [0.2, 0.25) is 0 Å². The molecule has 0 spiro atoms. The van der Waals surface area contributed by atoms with Gasteiger partial charge in [-0.1, -0.05) is 27.5 Å². The van der Waals surface area contributed by atoms with Crippen molar-refractivity contribution in [1.29, 1.82) is 0 Å². The molecule has 2 rings (SSSR count). The molecular weight excluding hydrogens is 366 g/mol. The predicted octanol–water partition coefficient (Wildman–Crippen LogP) is 5.51. The number of anilines is 1. The first-order chi connectivity index (χ1) is 10.6. The fourth-order valence-corrected chi connectivity index (χ4v) is 2.50. The lowest BCUT2D eigenvalue weighted by Crippen LogP contribution is -2.03. The molecule has 0 saturated heterocycles. The van der Waals surface area contributed by atoms with Crippen molar-refractivity contribution in [2.45, 2.75) is 20.4 Å².